The molecule has 0 fully saturated rings. The summed E-state index contributed by atoms with van der Waals surface area (Å²) in [7, 11) is 1.61. The van der Waals surface area contributed by atoms with Crippen molar-refractivity contribution in [2.45, 2.75) is 26.3 Å². The number of carbonyl (C=O) groups is 1. The molecule has 0 saturated carbocycles. The highest BCUT2D eigenvalue weighted by molar-refractivity contribution is 7.17. The molecule has 1 amide bonds. The molecule has 0 saturated heterocycles. The summed E-state index contributed by atoms with van der Waals surface area (Å²) in [4.78, 5) is 13.9. The van der Waals surface area contributed by atoms with Crippen LogP contribution in [0.25, 0.3) is 0 Å². The molecule has 0 bridgehead atoms. The molecule has 0 aliphatic rings. The largest absolute Gasteiger partial charge is 0.383 e. The number of methoxy groups -OCH3 is 1. The average Bonchev–Trinajstić information content (AvgIpc) is 2.75. The Labute approximate surface area is 110 Å². The van der Waals surface area contributed by atoms with Crippen LogP contribution in [-0.2, 0) is 4.74 Å². The van der Waals surface area contributed by atoms with E-state index < -0.39 is 0 Å². The fourth-order valence-corrected chi connectivity index (χ4v) is 2.13. The zero-order valence-electron chi connectivity index (χ0n) is 10.1. The third-order valence-corrected chi connectivity index (χ3v) is 3.51. The van der Waals surface area contributed by atoms with Gasteiger partial charge in [-0.15, -0.1) is 10.2 Å². The van der Waals surface area contributed by atoms with Gasteiger partial charge in [0.15, 0.2) is 0 Å². The molecule has 96 valence electrons. The first kappa shape index (κ1) is 14.3. The van der Waals surface area contributed by atoms with Crippen LogP contribution < -0.4 is 0 Å². The highest BCUT2D eigenvalue weighted by Crippen LogP contribution is 2.18. The zero-order valence-corrected chi connectivity index (χ0v) is 11.7. The summed E-state index contributed by atoms with van der Waals surface area (Å²) in [6.07, 6.45) is 0.877. The van der Waals surface area contributed by atoms with Crippen molar-refractivity contribution in [3.8, 4) is 0 Å². The number of ether oxygens (including phenoxy) is 1. The minimum absolute atomic E-state index is 0.138. The van der Waals surface area contributed by atoms with Crippen molar-refractivity contribution >= 4 is 28.8 Å². The standard InChI is InChI=1S/C10H16ClN3O2S/c1-4-7(2)14(5-6-16-3)9(15)8-12-13-10(11)17-8/h7H,4-6H2,1-3H3. The summed E-state index contributed by atoms with van der Waals surface area (Å²) in [6.45, 7) is 5.07. The summed E-state index contributed by atoms with van der Waals surface area (Å²) in [6, 6.07) is 0.139. The van der Waals surface area contributed by atoms with Gasteiger partial charge in [0.2, 0.25) is 9.47 Å². The van der Waals surface area contributed by atoms with Gasteiger partial charge in [-0.2, -0.15) is 0 Å². The lowest BCUT2D eigenvalue weighted by atomic mass is 10.2. The topological polar surface area (TPSA) is 55.3 Å². The first-order chi connectivity index (χ1) is 8.10. The molecule has 1 atom stereocenters. The van der Waals surface area contributed by atoms with Crippen LogP contribution in [0.2, 0.25) is 4.47 Å². The van der Waals surface area contributed by atoms with E-state index in [4.69, 9.17) is 16.3 Å². The number of amides is 1. The van der Waals surface area contributed by atoms with Gasteiger partial charge in [0.1, 0.15) is 0 Å². The van der Waals surface area contributed by atoms with E-state index >= 15 is 0 Å². The van der Waals surface area contributed by atoms with Crippen LogP contribution in [0.15, 0.2) is 0 Å². The van der Waals surface area contributed by atoms with Crippen LogP contribution in [-0.4, -0.2) is 47.3 Å². The van der Waals surface area contributed by atoms with Crippen LogP contribution in [0, 0.1) is 0 Å². The van der Waals surface area contributed by atoms with Crippen LogP contribution in [0.4, 0.5) is 0 Å². The van der Waals surface area contributed by atoms with Gasteiger partial charge in [-0.1, -0.05) is 18.3 Å². The SMILES string of the molecule is CCC(C)N(CCOC)C(=O)c1nnc(Cl)s1. The predicted molar refractivity (Wildman–Crippen MR) is 67.6 cm³/mol. The number of nitrogens with zero attached hydrogens (tertiary/aromatic N) is 3. The second-order valence-corrected chi connectivity index (χ2v) is 5.17. The third-order valence-electron chi connectivity index (χ3n) is 2.50. The monoisotopic (exact) mass is 277 g/mol. The average molecular weight is 278 g/mol. The normalized spacial score (nSPS) is 12.5. The maximum Gasteiger partial charge on any atom is 0.285 e. The first-order valence-electron chi connectivity index (χ1n) is 5.39. The van der Waals surface area contributed by atoms with Crippen molar-refractivity contribution < 1.29 is 9.53 Å². The molecule has 7 heteroatoms. The van der Waals surface area contributed by atoms with E-state index in [1.54, 1.807) is 12.0 Å². The second-order valence-electron chi connectivity index (χ2n) is 3.61. The molecule has 17 heavy (non-hydrogen) atoms. The lowest BCUT2D eigenvalue weighted by molar-refractivity contribution is 0.0612. The summed E-state index contributed by atoms with van der Waals surface area (Å²) < 4.78 is 5.29. The van der Waals surface area contributed by atoms with Crippen LogP contribution in [0.5, 0.6) is 0 Å². The Balaban J connectivity index is 2.78. The number of rotatable bonds is 6. The van der Waals surface area contributed by atoms with E-state index in [9.17, 15) is 4.79 Å². The smallest absolute Gasteiger partial charge is 0.285 e. The van der Waals surface area contributed by atoms with Crippen molar-refractivity contribution in [1.29, 1.82) is 0 Å². The summed E-state index contributed by atoms with van der Waals surface area (Å²) in [5.74, 6) is -0.138. The van der Waals surface area contributed by atoms with Gasteiger partial charge in [0.25, 0.3) is 5.91 Å². The Kier molecular flexibility index (Phi) is 5.80. The highest BCUT2D eigenvalue weighted by Gasteiger charge is 2.23. The minimum Gasteiger partial charge on any atom is -0.383 e. The van der Waals surface area contributed by atoms with Gasteiger partial charge in [-0.25, -0.2) is 0 Å². The van der Waals surface area contributed by atoms with Gasteiger partial charge in [0, 0.05) is 19.7 Å². The maximum absolute atomic E-state index is 12.2. The molecule has 1 aromatic rings. The molecule has 0 aliphatic carbocycles. The van der Waals surface area contributed by atoms with Crippen molar-refractivity contribution in [3.63, 3.8) is 0 Å². The van der Waals surface area contributed by atoms with Crippen molar-refractivity contribution in [3.05, 3.63) is 9.47 Å². The molecule has 1 rings (SSSR count). The maximum atomic E-state index is 12.2. The molecular formula is C10H16ClN3O2S. The summed E-state index contributed by atoms with van der Waals surface area (Å²) in [5.41, 5.74) is 0. The number of hydrogen-bond donors (Lipinski definition) is 0. The van der Waals surface area contributed by atoms with Gasteiger partial charge < -0.3 is 9.64 Å². The van der Waals surface area contributed by atoms with Gasteiger partial charge in [-0.05, 0) is 24.9 Å². The molecule has 0 N–H and O–H groups in total. The van der Waals surface area contributed by atoms with E-state index in [0.29, 0.717) is 18.2 Å². The lowest BCUT2D eigenvalue weighted by Gasteiger charge is -2.27. The molecule has 1 unspecified atom stereocenters. The second kappa shape index (κ2) is 6.88. The molecule has 1 aromatic heterocycles. The first-order valence-corrected chi connectivity index (χ1v) is 6.58. The van der Waals surface area contributed by atoms with Crippen LogP contribution in [0.3, 0.4) is 0 Å². The molecule has 1 heterocycles. The fraction of sp³-hybridized carbons (Fsp3) is 0.700. The molecule has 5 nitrogen and oxygen atoms in total. The van der Waals surface area contributed by atoms with Crippen LogP contribution in [0.1, 0.15) is 30.1 Å². The van der Waals surface area contributed by atoms with E-state index in [1.165, 1.54) is 0 Å². The number of aromatic nitrogens is 2. The fourth-order valence-electron chi connectivity index (χ4n) is 1.35. The van der Waals surface area contributed by atoms with Crippen LogP contribution >= 0.6 is 22.9 Å². The van der Waals surface area contributed by atoms with E-state index in [0.717, 1.165) is 17.8 Å². The molecule has 0 spiro atoms. The Morgan fingerprint density at radius 2 is 2.29 bits per heavy atom. The third kappa shape index (κ3) is 3.90. The van der Waals surface area contributed by atoms with Crippen molar-refractivity contribution in [2.24, 2.45) is 0 Å². The number of halogens is 1. The lowest BCUT2D eigenvalue weighted by Crippen LogP contribution is -2.40. The van der Waals surface area contributed by atoms with Crippen molar-refractivity contribution in [1.82, 2.24) is 15.1 Å². The van der Waals surface area contributed by atoms with E-state index in [1.807, 2.05) is 13.8 Å². The highest BCUT2D eigenvalue weighted by atomic mass is 35.5. The quantitative estimate of drug-likeness (QED) is 0.799. The number of carbonyl (C=O) groups excluding carboxylic acids is 1. The van der Waals surface area contributed by atoms with Gasteiger partial charge in [-0.3, -0.25) is 4.79 Å². The predicted octanol–water partition coefficient (Wildman–Crippen LogP) is 2.08. The summed E-state index contributed by atoms with van der Waals surface area (Å²) in [5, 5.41) is 7.73. The Morgan fingerprint density at radius 1 is 1.59 bits per heavy atom. The number of hydrogen-bond acceptors (Lipinski definition) is 5. The van der Waals surface area contributed by atoms with E-state index in [-0.39, 0.29) is 16.4 Å². The molecule has 0 radical (unpaired) electrons. The Morgan fingerprint density at radius 3 is 2.76 bits per heavy atom. The molecule has 0 aliphatic heterocycles. The Bertz CT molecular complexity index is 372. The molecular weight excluding hydrogens is 262 g/mol. The minimum atomic E-state index is -0.138. The van der Waals surface area contributed by atoms with Gasteiger partial charge in [0.05, 0.1) is 6.61 Å². The van der Waals surface area contributed by atoms with Gasteiger partial charge >= 0.3 is 0 Å². The summed E-state index contributed by atoms with van der Waals surface area (Å²) >= 11 is 6.77. The van der Waals surface area contributed by atoms with Crippen molar-refractivity contribution in [2.75, 3.05) is 20.3 Å². The Hall–Kier alpha value is -0.720. The zero-order chi connectivity index (χ0) is 12.8. The van der Waals surface area contributed by atoms with E-state index in [2.05, 4.69) is 10.2 Å². The molecule has 0 aromatic carbocycles.